The quantitative estimate of drug-likeness (QED) is 0.906. The van der Waals surface area contributed by atoms with Crippen LogP contribution < -0.4 is 5.32 Å². The number of halogens is 1. The second-order valence-electron chi connectivity index (χ2n) is 4.22. The number of rotatable bonds is 4. The zero-order chi connectivity index (χ0) is 12.3. The van der Waals surface area contributed by atoms with Crippen LogP contribution in [-0.4, -0.2) is 10.4 Å². The van der Waals surface area contributed by atoms with Crippen molar-refractivity contribution in [2.75, 3.05) is 0 Å². The summed E-state index contributed by atoms with van der Waals surface area (Å²) in [6.45, 7) is 5.16. The molecule has 0 radical (unpaired) electrons. The van der Waals surface area contributed by atoms with E-state index >= 15 is 0 Å². The summed E-state index contributed by atoms with van der Waals surface area (Å²) in [4.78, 5) is 1.25. The summed E-state index contributed by atoms with van der Waals surface area (Å²) < 4.78 is 4.45. The van der Waals surface area contributed by atoms with Crippen molar-refractivity contribution >= 4 is 23.1 Å². The minimum Gasteiger partial charge on any atom is -0.310 e. The number of hydrogen-bond acceptors (Lipinski definition) is 3. The van der Waals surface area contributed by atoms with Crippen LogP contribution in [0.5, 0.6) is 0 Å². The SMILES string of the molecule is CC(C)NCc1cc(-c2ccc(Cl)cc2)ns1. The van der Waals surface area contributed by atoms with E-state index in [0.717, 1.165) is 22.8 Å². The normalized spacial score (nSPS) is 11.1. The van der Waals surface area contributed by atoms with E-state index in [1.54, 1.807) is 11.5 Å². The third-order valence-corrected chi connectivity index (χ3v) is 3.42. The van der Waals surface area contributed by atoms with E-state index in [1.165, 1.54) is 4.88 Å². The zero-order valence-electron chi connectivity index (χ0n) is 9.90. The molecule has 1 N–H and O–H groups in total. The van der Waals surface area contributed by atoms with E-state index in [4.69, 9.17) is 11.6 Å². The van der Waals surface area contributed by atoms with Gasteiger partial charge in [0.1, 0.15) is 0 Å². The molecule has 4 heteroatoms. The van der Waals surface area contributed by atoms with Gasteiger partial charge in [0.2, 0.25) is 0 Å². The van der Waals surface area contributed by atoms with E-state index in [0.29, 0.717) is 6.04 Å². The molecule has 1 aromatic carbocycles. The van der Waals surface area contributed by atoms with Crippen LogP contribution >= 0.6 is 23.1 Å². The number of nitrogens with one attached hydrogen (secondary N) is 1. The van der Waals surface area contributed by atoms with E-state index in [2.05, 4.69) is 29.6 Å². The second kappa shape index (κ2) is 5.63. The molecule has 0 atom stereocenters. The summed E-state index contributed by atoms with van der Waals surface area (Å²) in [7, 11) is 0. The summed E-state index contributed by atoms with van der Waals surface area (Å²) in [5.41, 5.74) is 2.13. The molecule has 0 spiro atoms. The fraction of sp³-hybridized carbons (Fsp3) is 0.308. The molecule has 90 valence electrons. The van der Waals surface area contributed by atoms with Crippen LogP contribution in [0.15, 0.2) is 30.3 Å². The van der Waals surface area contributed by atoms with Crippen molar-refractivity contribution in [1.82, 2.24) is 9.69 Å². The topological polar surface area (TPSA) is 24.9 Å². The molecule has 0 saturated heterocycles. The summed E-state index contributed by atoms with van der Waals surface area (Å²) in [6, 6.07) is 10.4. The van der Waals surface area contributed by atoms with Crippen molar-refractivity contribution in [3.05, 3.63) is 40.2 Å². The van der Waals surface area contributed by atoms with Crippen LogP contribution in [0.25, 0.3) is 11.3 Å². The number of aromatic nitrogens is 1. The fourth-order valence-corrected chi connectivity index (χ4v) is 2.27. The van der Waals surface area contributed by atoms with E-state index in [-0.39, 0.29) is 0 Å². The third-order valence-electron chi connectivity index (χ3n) is 2.38. The molecule has 2 rings (SSSR count). The van der Waals surface area contributed by atoms with Crippen molar-refractivity contribution in [3.8, 4) is 11.3 Å². The lowest BCUT2D eigenvalue weighted by atomic mass is 10.1. The lowest BCUT2D eigenvalue weighted by molar-refractivity contribution is 0.593. The highest BCUT2D eigenvalue weighted by Gasteiger charge is 2.04. The van der Waals surface area contributed by atoms with Gasteiger partial charge in [0, 0.05) is 28.0 Å². The van der Waals surface area contributed by atoms with Crippen molar-refractivity contribution in [2.45, 2.75) is 26.4 Å². The summed E-state index contributed by atoms with van der Waals surface area (Å²) in [5, 5.41) is 4.14. The minimum absolute atomic E-state index is 0.496. The molecule has 0 unspecified atom stereocenters. The number of hydrogen-bond donors (Lipinski definition) is 1. The van der Waals surface area contributed by atoms with Crippen molar-refractivity contribution in [1.29, 1.82) is 0 Å². The maximum atomic E-state index is 5.86. The molecular formula is C13H15ClN2S. The zero-order valence-corrected chi connectivity index (χ0v) is 11.5. The molecule has 0 bridgehead atoms. The van der Waals surface area contributed by atoms with Gasteiger partial charge in [-0.05, 0) is 29.7 Å². The first-order valence-corrected chi connectivity index (χ1v) is 6.75. The Hall–Kier alpha value is -0.900. The van der Waals surface area contributed by atoms with E-state index in [1.807, 2.05) is 24.3 Å². The summed E-state index contributed by atoms with van der Waals surface area (Å²) >= 11 is 7.41. The molecule has 2 aromatic rings. The van der Waals surface area contributed by atoms with Gasteiger partial charge in [0.05, 0.1) is 5.69 Å². The molecule has 17 heavy (non-hydrogen) atoms. The smallest absolute Gasteiger partial charge is 0.0844 e. The van der Waals surface area contributed by atoms with Gasteiger partial charge in [-0.25, -0.2) is 0 Å². The molecule has 1 heterocycles. The molecule has 0 amide bonds. The van der Waals surface area contributed by atoms with Crippen LogP contribution in [0.2, 0.25) is 5.02 Å². The van der Waals surface area contributed by atoms with E-state index < -0.39 is 0 Å². The molecule has 0 aliphatic carbocycles. The van der Waals surface area contributed by atoms with Crippen LogP contribution in [0.1, 0.15) is 18.7 Å². The van der Waals surface area contributed by atoms with Gasteiger partial charge in [0.15, 0.2) is 0 Å². The first-order chi connectivity index (χ1) is 8.15. The number of nitrogens with zero attached hydrogens (tertiary/aromatic N) is 1. The van der Waals surface area contributed by atoms with E-state index in [9.17, 15) is 0 Å². The average molecular weight is 267 g/mol. The molecule has 1 aromatic heterocycles. The maximum absolute atomic E-state index is 5.86. The lowest BCUT2D eigenvalue weighted by Gasteiger charge is -2.04. The van der Waals surface area contributed by atoms with Crippen LogP contribution in [-0.2, 0) is 6.54 Å². The lowest BCUT2D eigenvalue weighted by Crippen LogP contribution is -2.21. The highest BCUT2D eigenvalue weighted by molar-refractivity contribution is 7.06. The maximum Gasteiger partial charge on any atom is 0.0844 e. The molecule has 0 aliphatic heterocycles. The monoisotopic (exact) mass is 266 g/mol. The van der Waals surface area contributed by atoms with Crippen molar-refractivity contribution in [2.24, 2.45) is 0 Å². The predicted octanol–water partition coefficient (Wildman–Crippen LogP) is 3.96. The largest absolute Gasteiger partial charge is 0.310 e. The van der Waals surface area contributed by atoms with Gasteiger partial charge < -0.3 is 5.32 Å². The second-order valence-corrected chi connectivity index (χ2v) is 5.55. The van der Waals surface area contributed by atoms with Gasteiger partial charge in [-0.3, -0.25) is 0 Å². The van der Waals surface area contributed by atoms with Crippen LogP contribution in [0, 0.1) is 0 Å². The average Bonchev–Trinajstić information content (AvgIpc) is 2.76. The van der Waals surface area contributed by atoms with Gasteiger partial charge in [-0.2, -0.15) is 4.37 Å². The van der Waals surface area contributed by atoms with Gasteiger partial charge in [-0.15, -0.1) is 0 Å². The Morgan fingerprint density at radius 3 is 2.65 bits per heavy atom. The Bertz CT molecular complexity index is 476. The molecule has 0 saturated carbocycles. The molecule has 0 aliphatic rings. The minimum atomic E-state index is 0.496. The Morgan fingerprint density at radius 1 is 1.29 bits per heavy atom. The Morgan fingerprint density at radius 2 is 2.00 bits per heavy atom. The van der Waals surface area contributed by atoms with Crippen LogP contribution in [0.4, 0.5) is 0 Å². The van der Waals surface area contributed by atoms with Gasteiger partial charge in [0.25, 0.3) is 0 Å². The van der Waals surface area contributed by atoms with Gasteiger partial charge in [-0.1, -0.05) is 37.6 Å². The first kappa shape index (κ1) is 12.6. The number of benzene rings is 1. The summed E-state index contributed by atoms with van der Waals surface area (Å²) in [6.07, 6.45) is 0. The summed E-state index contributed by atoms with van der Waals surface area (Å²) in [5.74, 6) is 0. The van der Waals surface area contributed by atoms with Crippen molar-refractivity contribution in [3.63, 3.8) is 0 Å². The highest BCUT2D eigenvalue weighted by atomic mass is 35.5. The third kappa shape index (κ3) is 3.53. The first-order valence-electron chi connectivity index (χ1n) is 5.60. The van der Waals surface area contributed by atoms with Crippen LogP contribution in [0.3, 0.4) is 0 Å². The fourth-order valence-electron chi connectivity index (χ4n) is 1.46. The standard InChI is InChI=1S/C13H15ClN2S/c1-9(2)15-8-12-7-13(16-17-12)10-3-5-11(14)6-4-10/h3-7,9,15H,8H2,1-2H3. The Balaban J connectivity index is 2.10. The highest BCUT2D eigenvalue weighted by Crippen LogP contribution is 2.23. The molecule has 2 nitrogen and oxygen atoms in total. The Labute approximate surface area is 111 Å². The van der Waals surface area contributed by atoms with Gasteiger partial charge >= 0.3 is 0 Å². The van der Waals surface area contributed by atoms with Crippen molar-refractivity contribution < 1.29 is 0 Å². The molecule has 0 fully saturated rings. The predicted molar refractivity (Wildman–Crippen MR) is 74.5 cm³/mol. The Kier molecular flexibility index (Phi) is 4.15. The molecular weight excluding hydrogens is 252 g/mol.